The van der Waals surface area contributed by atoms with Crippen molar-refractivity contribution in [3.05, 3.63) is 64.7 Å². The van der Waals surface area contributed by atoms with Gasteiger partial charge in [-0.05, 0) is 56.0 Å². The summed E-state index contributed by atoms with van der Waals surface area (Å²) in [6.07, 6.45) is -0.172. The number of alkyl carbamates (subject to hydrolysis) is 1. The van der Waals surface area contributed by atoms with Gasteiger partial charge in [-0.1, -0.05) is 19.1 Å². The van der Waals surface area contributed by atoms with Crippen molar-refractivity contribution in [2.24, 2.45) is 0 Å². The topological polar surface area (TPSA) is 79.8 Å². The lowest BCUT2D eigenvalue weighted by Crippen LogP contribution is -2.50. The SMILES string of the molecule is CCc1ccc2c(c1)[C@@H](NC[C@@H](O)[C@H](Cc1cc(F)cc(F)c1)NC(=O)OC)CC(C)(C)O2. The van der Waals surface area contributed by atoms with Crippen LogP contribution in [0.2, 0.25) is 0 Å². The van der Waals surface area contributed by atoms with Gasteiger partial charge in [0, 0.05) is 30.6 Å². The minimum absolute atomic E-state index is 0.0302. The van der Waals surface area contributed by atoms with Crippen molar-refractivity contribution in [3.8, 4) is 5.75 Å². The first kappa shape index (κ1) is 24.9. The van der Waals surface area contributed by atoms with Crippen molar-refractivity contribution >= 4 is 6.09 Å². The molecule has 33 heavy (non-hydrogen) atoms. The lowest BCUT2D eigenvalue weighted by Gasteiger charge is -2.39. The molecule has 8 heteroatoms. The number of rotatable bonds is 8. The third-order valence-corrected chi connectivity index (χ3v) is 5.84. The van der Waals surface area contributed by atoms with Crippen molar-refractivity contribution in [3.63, 3.8) is 0 Å². The highest BCUT2D eigenvalue weighted by Gasteiger charge is 2.34. The molecule has 2 aromatic rings. The average molecular weight is 463 g/mol. The summed E-state index contributed by atoms with van der Waals surface area (Å²) in [6, 6.07) is 8.36. The van der Waals surface area contributed by atoms with Gasteiger partial charge in [0.15, 0.2) is 0 Å². The number of nitrogens with one attached hydrogen (secondary N) is 2. The van der Waals surface area contributed by atoms with Gasteiger partial charge in [0.05, 0.1) is 19.3 Å². The van der Waals surface area contributed by atoms with Crippen LogP contribution in [0, 0.1) is 11.6 Å². The highest BCUT2D eigenvalue weighted by atomic mass is 19.1. The van der Waals surface area contributed by atoms with Gasteiger partial charge in [-0.2, -0.15) is 0 Å². The van der Waals surface area contributed by atoms with E-state index in [0.29, 0.717) is 12.0 Å². The molecule has 0 aliphatic carbocycles. The number of ether oxygens (including phenoxy) is 2. The fourth-order valence-electron chi connectivity index (χ4n) is 4.19. The van der Waals surface area contributed by atoms with Gasteiger partial charge in [0.25, 0.3) is 0 Å². The van der Waals surface area contributed by atoms with Crippen LogP contribution in [-0.2, 0) is 17.6 Å². The Morgan fingerprint density at radius 1 is 1.21 bits per heavy atom. The minimum Gasteiger partial charge on any atom is -0.487 e. The predicted molar refractivity (Wildman–Crippen MR) is 121 cm³/mol. The first-order chi connectivity index (χ1) is 15.6. The number of aliphatic hydroxyl groups excluding tert-OH is 1. The second-order valence-corrected chi connectivity index (χ2v) is 9.04. The van der Waals surface area contributed by atoms with Crippen LogP contribution in [-0.4, -0.2) is 42.6 Å². The number of aliphatic hydroxyl groups is 1. The third kappa shape index (κ3) is 6.65. The molecule has 3 atom stereocenters. The van der Waals surface area contributed by atoms with Crippen LogP contribution in [0.15, 0.2) is 36.4 Å². The summed E-state index contributed by atoms with van der Waals surface area (Å²) in [5.74, 6) is -0.640. The standard InChI is InChI=1S/C25H32F2N2O4/c1-5-15-6-7-23-19(10-15)21(13-25(2,3)33-23)28-14-22(30)20(29-24(31)32-4)11-16-8-17(26)12-18(27)9-16/h6-10,12,20-22,28,30H,5,11,13-14H2,1-4H3,(H,29,31)/t20-,21-,22+/m0/s1. The number of hydrogen-bond acceptors (Lipinski definition) is 5. The molecule has 0 fully saturated rings. The van der Waals surface area contributed by atoms with Crippen molar-refractivity contribution in [1.82, 2.24) is 10.6 Å². The molecular weight excluding hydrogens is 430 g/mol. The molecule has 1 heterocycles. The minimum atomic E-state index is -1.04. The molecule has 6 nitrogen and oxygen atoms in total. The normalized spacial score (nSPS) is 18.6. The van der Waals surface area contributed by atoms with Gasteiger partial charge >= 0.3 is 6.09 Å². The fraction of sp³-hybridized carbons (Fsp3) is 0.480. The zero-order valence-corrected chi connectivity index (χ0v) is 19.5. The summed E-state index contributed by atoms with van der Waals surface area (Å²) in [5.41, 5.74) is 2.12. The number of aryl methyl sites for hydroxylation is 1. The van der Waals surface area contributed by atoms with E-state index in [-0.39, 0.29) is 19.0 Å². The Morgan fingerprint density at radius 3 is 2.55 bits per heavy atom. The van der Waals surface area contributed by atoms with Gasteiger partial charge in [-0.3, -0.25) is 0 Å². The summed E-state index contributed by atoms with van der Waals surface area (Å²) in [6.45, 7) is 6.24. The summed E-state index contributed by atoms with van der Waals surface area (Å²) >= 11 is 0. The zero-order chi connectivity index (χ0) is 24.2. The summed E-state index contributed by atoms with van der Waals surface area (Å²) < 4.78 is 38.1. The highest BCUT2D eigenvalue weighted by molar-refractivity contribution is 5.67. The molecule has 1 aliphatic heterocycles. The van der Waals surface area contributed by atoms with Crippen LogP contribution in [0.1, 0.15) is 49.9 Å². The maximum Gasteiger partial charge on any atom is 0.407 e. The van der Waals surface area contributed by atoms with Gasteiger partial charge in [-0.25, -0.2) is 13.6 Å². The first-order valence-electron chi connectivity index (χ1n) is 11.1. The maximum absolute atomic E-state index is 13.6. The quantitative estimate of drug-likeness (QED) is 0.552. The largest absolute Gasteiger partial charge is 0.487 e. The fourth-order valence-corrected chi connectivity index (χ4v) is 4.19. The molecule has 180 valence electrons. The second kappa shape index (κ2) is 10.5. The molecule has 0 saturated carbocycles. The van der Waals surface area contributed by atoms with E-state index in [2.05, 4.69) is 28.4 Å². The van der Waals surface area contributed by atoms with E-state index in [0.717, 1.165) is 23.8 Å². The van der Waals surface area contributed by atoms with E-state index in [9.17, 15) is 18.7 Å². The Hall–Kier alpha value is -2.71. The molecule has 1 aliphatic rings. The molecule has 3 rings (SSSR count). The number of halogens is 2. The summed E-state index contributed by atoms with van der Waals surface area (Å²) in [4.78, 5) is 11.8. The molecule has 0 saturated heterocycles. The van der Waals surface area contributed by atoms with E-state index in [1.54, 1.807) is 0 Å². The molecule has 1 amide bonds. The average Bonchev–Trinajstić information content (AvgIpc) is 2.75. The lowest BCUT2D eigenvalue weighted by molar-refractivity contribution is 0.0588. The van der Waals surface area contributed by atoms with E-state index in [1.165, 1.54) is 24.8 Å². The Morgan fingerprint density at radius 2 is 1.91 bits per heavy atom. The molecule has 0 unspecified atom stereocenters. The van der Waals surface area contributed by atoms with E-state index < -0.39 is 35.5 Å². The smallest absolute Gasteiger partial charge is 0.407 e. The second-order valence-electron chi connectivity index (χ2n) is 9.04. The number of methoxy groups -OCH3 is 1. The molecule has 2 aromatic carbocycles. The first-order valence-corrected chi connectivity index (χ1v) is 11.1. The van der Waals surface area contributed by atoms with Crippen LogP contribution in [0.3, 0.4) is 0 Å². The van der Waals surface area contributed by atoms with Crippen LogP contribution < -0.4 is 15.4 Å². The Kier molecular flexibility index (Phi) is 7.92. The van der Waals surface area contributed by atoms with Crippen molar-refractivity contribution < 1.29 is 28.2 Å². The molecule has 0 radical (unpaired) electrons. The number of hydrogen-bond donors (Lipinski definition) is 3. The van der Waals surface area contributed by atoms with Gasteiger partial charge in [0.1, 0.15) is 23.0 Å². The van der Waals surface area contributed by atoms with E-state index in [4.69, 9.17) is 4.74 Å². The number of benzene rings is 2. The van der Waals surface area contributed by atoms with Crippen molar-refractivity contribution in [1.29, 1.82) is 0 Å². The Balaban J connectivity index is 1.76. The van der Waals surface area contributed by atoms with Gasteiger partial charge < -0.3 is 25.2 Å². The molecule has 3 N–H and O–H groups in total. The monoisotopic (exact) mass is 462 g/mol. The molecule has 0 aromatic heterocycles. The predicted octanol–water partition coefficient (Wildman–Crippen LogP) is 4.05. The lowest BCUT2D eigenvalue weighted by atomic mass is 9.88. The van der Waals surface area contributed by atoms with Crippen molar-refractivity contribution in [2.45, 2.75) is 63.8 Å². The molecular formula is C25H32F2N2O4. The zero-order valence-electron chi connectivity index (χ0n) is 19.5. The molecule has 0 bridgehead atoms. The van der Waals surface area contributed by atoms with Crippen molar-refractivity contribution in [2.75, 3.05) is 13.7 Å². The van der Waals surface area contributed by atoms with E-state index in [1.807, 2.05) is 26.0 Å². The van der Waals surface area contributed by atoms with E-state index >= 15 is 0 Å². The van der Waals surface area contributed by atoms with Crippen LogP contribution in [0.5, 0.6) is 5.75 Å². The number of carbonyl (C=O) groups excluding carboxylic acids is 1. The summed E-state index contributed by atoms with van der Waals surface area (Å²) in [5, 5.41) is 16.9. The van der Waals surface area contributed by atoms with Crippen LogP contribution >= 0.6 is 0 Å². The number of carbonyl (C=O) groups is 1. The van der Waals surface area contributed by atoms with Crippen LogP contribution in [0.4, 0.5) is 13.6 Å². The maximum atomic E-state index is 13.6. The van der Waals surface area contributed by atoms with Gasteiger partial charge in [0.2, 0.25) is 0 Å². The van der Waals surface area contributed by atoms with Crippen LogP contribution in [0.25, 0.3) is 0 Å². The third-order valence-electron chi connectivity index (χ3n) is 5.84. The Bertz CT molecular complexity index is 963. The molecule has 0 spiro atoms. The highest BCUT2D eigenvalue weighted by Crippen LogP contribution is 2.40. The summed E-state index contributed by atoms with van der Waals surface area (Å²) in [7, 11) is 1.21. The van der Waals surface area contributed by atoms with Gasteiger partial charge in [-0.15, -0.1) is 0 Å². The number of amides is 1. The number of fused-ring (bicyclic) bond motifs is 1. The Labute approximate surface area is 193 Å².